The molecule has 0 heterocycles. The lowest BCUT2D eigenvalue weighted by atomic mass is 10.0. The van der Waals surface area contributed by atoms with E-state index < -0.39 is 28.2 Å². The summed E-state index contributed by atoms with van der Waals surface area (Å²) in [4.78, 5) is 38.6. The molecule has 0 unspecified atom stereocenters. The molecular formula is C26H29N5O6S. The Bertz CT molecular complexity index is 1360. The summed E-state index contributed by atoms with van der Waals surface area (Å²) in [5, 5.41) is 5.05. The molecule has 4 N–H and O–H groups in total. The van der Waals surface area contributed by atoms with E-state index in [0.29, 0.717) is 17.1 Å². The van der Waals surface area contributed by atoms with Crippen molar-refractivity contribution in [2.75, 3.05) is 29.1 Å². The molecule has 11 nitrogen and oxygen atoms in total. The molecule has 12 heteroatoms. The lowest BCUT2D eigenvalue weighted by Crippen LogP contribution is -2.53. The molecule has 0 saturated heterocycles. The van der Waals surface area contributed by atoms with Gasteiger partial charge < -0.3 is 20.3 Å². The van der Waals surface area contributed by atoms with Crippen LogP contribution in [0.2, 0.25) is 0 Å². The predicted octanol–water partition coefficient (Wildman–Crippen LogP) is 2.88. The zero-order chi connectivity index (χ0) is 27.7. The molecule has 1 atom stereocenters. The van der Waals surface area contributed by atoms with Crippen LogP contribution in [0.5, 0.6) is 5.75 Å². The monoisotopic (exact) mass is 539 g/mol. The van der Waals surface area contributed by atoms with Crippen LogP contribution in [0.4, 0.5) is 21.9 Å². The van der Waals surface area contributed by atoms with Gasteiger partial charge in [-0.1, -0.05) is 30.3 Å². The fraction of sp³-hybridized carbons (Fsp3) is 0.192. The van der Waals surface area contributed by atoms with Crippen molar-refractivity contribution in [3.05, 3.63) is 84.4 Å². The van der Waals surface area contributed by atoms with Crippen LogP contribution in [-0.2, 0) is 26.2 Å². The molecule has 0 aliphatic rings. The van der Waals surface area contributed by atoms with E-state index in [1.165, 1.54) is 43.2 Å². The van der Waals surface area contributed by atoms with E-state index in [4.69, 9.17) is 4.74 Å². The first-order valence-electron chi connectivity index (χ1n) is 11.5. The second-order valence-electron chi connectivity index (χ2n) is 8.28. The summed E-state index contributed by atoms with van der Waals surface area (Å²) < 4.78 is 34.3. The van der Waals surface area contributed by atoms with Crippen LogP contribution in [0.1, 0.15) is 12.5 Å². The number of nitrogens with one attached hydrogen (secondary N) is 4. The van der Waals surface area contributed by atoms with E-state index in [-0.39, 0.29) is 18.0 Å². The van der Waals surface area contributed by atoms with Gasteiger partial charge in [-0.15, -0.1) is 0 Å². The number of hydrogen-bond donors (Lipinski definition) is 4. The van der Waals surface area contributed by atoms with Crippen molar-refractivity contribution in [2.24, 2.45) is 0 Å². The molecule has 3 aromatic rings. The van der Waals surface area contributed by atoms with E-state index in [9.17, 15) is 22.8 Å². The smallest absolute Gasteiger partial charge is 0.330 e. The van der Waals surface area contributed by atoms with Crippen molar-refractivity contribution in [1.29, 1.82) is 0 Å². The lowest BCUT2D eigenvalue weighted by molar-refractivity contribution is -0.120. The highest BCUT2D eigenvalue weighted by atomic mass is 32.2. The average molecular weight is 540 g/mol. The van der Waals surface area contributed by atoms with Crippen LogP contribution in [-0.4, -0.2) is 46.5 Å². The van der Waals surface area contributed by atoms with Gasteiger partial charge in [0.05, 0.1) is 12.8 Å². The Kier molecular flexibility index (Phi) is 9.28. The van der Waals surface area contributed by atoms with E-state index in [1.54, 1.807) is 55.6 Å². The van der Waals surface area contributed by atoms with Gasteiger partial charge in [-0.25, -0.2) is 9.52 Å². The Morgan fingerprint density at radius 1 is 0.895 bits per heavy atom. The van der Waals surface area contributed by atoms with Crippen LogP contribution in [0, 0.1) is 0 Å². The summed E-state index contributed by atoms with van der Waals surface area (Å²) in [6, 6.07) is 19.5. The lowest BCUT2D eigenvalue weighted by Gasteiger charge is -2.25. The number of methoxy groups -OCH3 is 1. The van der Waals surface area contributed by atoms with Crippen molar-refractivity contribution in [2.45, 2.75) is 19.4 Å². The van der Waals surface area contributed by atoms with Gasteiger partial charge >= 0.3 is 16.2 Å². The quantitative estimate of drug-likeness (QED) is 0.312. The van der Waals surface area contributed by atoms with E-state index in [2.05, 4.69) is 15.4 Å². The summed E-state index contributed by atoms with van der Waals surface area (Å²) in [5.41, 5.74) is 1.98. The van der Waals surface area contributed by atoms with Crippen LogP contribution >= 0.6 is 0 Å². The highest BCUT2D eigenvalue weighted by Crippen LogP contribution is 2.19. The van der Waals surface area contributed by atoms with Gasteiger partial charge in [0.2, 0.25) is 11.8 Å². The third-order valence-corrected chi connectivity index (χ3v) is 6.32. The molecule has 0 spiro atoms. The summed E-state index contributed by atoms with van der Waals surface area (Å²) in [6.07, 6.45) is 0.131. The summed E-state index contributed by atoms with van der Waals surface area (Å²) >= 11 is 0. The first-order chi connectivity index (χ1) is 18.1. The van der Waals surface area contributed by atoms with Crippen molar-refractivity contribution in [3.63, 3.8) is 0 Å². The van der Waals surface area contributed by atoms with Gasteiger partial charge in [0.1, 0.15) is 11.8 Å². The van der Waals surface area contributed by atoms with Crippen molar-refractivity contribution in [1.82, 2.24) is 10.0 Å². The van der Waals surface area contributed by atoms with Crippen molar-refractivity contribution in [3.8, 4) is 5.75 Å². The van der Waals surface area contributed by atoms with Gasteiger partial charge in [-0.3, -0.25) is 14.3 Å². The molecular weight excluding hydrogens is 510 g/mol. The van der Waals surface area contributed by atoms with E-state index in [1.807, 2.05) is 10.8 Å². The van der Waals surface area contributed by atoms with Gasteiger partial charge in [-0.05, 0) is 54.1 Å². The van der Waals surface area contributed by atoms with E-state index in [0.717, 1.165) is 5.56 Å². The minimum atomic E-state index is -4.33. The van der Waals surface area contributed by atoms with Gasteiger partial charge in [-0.2, -0.15) is 8.42 Å². The Hall–Kier alpha value is -4.58. The molecule has 200 valence electrons. The number of rotatable bonds is 10. The maximum Gasteiger partial charge on any atom is 0.330 e. The number of likely N-dealkylation sites (N-methyl/N-ethyl adjacent to an activating group) is 1. The molecule has 4 amide bonds. The maximum atomic E-state index is 13.4. The van der Waals surface area contributed by atoms with Crippen LogP contribution < -0.4 is 29.7 Å². The maximum absolute atomic E-state index is 13.4. The number of urea groups is 1. The highest BCUT2D eigenvalue weighted by Gasteiger charge is 2.27. The number of ether oxygens (including phenoxy) is 1. The number of carbonyl (C=O) groups is 3. The minimum absolute atomic E-state index is 0.131. The highest BCUT2D eigenvalue weighted by molar-refractivity contribution is 7.91. The predicted molar refractivity (Wildman–Crippen MR) is 145 cm³/mol. The molecule has 3 aromatic carbocycles. The first-order valence-corrected chi connectivity index (χ1v) is 13.0. The van der Waals surface area contributed by atoms with Gasteiger partial charge in [0.15, 0.2) is 0 Å². The summed E-state index contributed by atoms with van der Waals surface area (Å²) in [7, 11) is -1.24. The summed E-state index contributed by atoms with van der Waals surface area (Å²) in [5.74, 6) is -0.0996. The number of amides is 4. The van der Waals surface area contributed by atoms with Gasteiger partial charge in [0, 0.05) is 31.8 Å². The zero-order valence-electron chi connectivity index (χ0n) is 21.1. The molecule has 3 rings (SSSR count). The molecule has 38 heavy (non-hydrogen) atoms. The number of carbonyl (C=O) groups excluding carboxylic acids is 3. The fourth-order valence-corrected chi connectivity index (χ4v) is 4.33. The fourth-order valence-electron chi connectivity index (χ4n) is 3.53. The molecule has 0 aliphatic heterocycles. The largest absolute Gasteiger partial charge is 0.497 e. The second-order valence-corrected chi connectivity index (χ2v) is 9.69. The normalized spacial score (nSPS) is 11.6. The molecule has 0 saturated carbocycles. The summed E-state index contributed by atoms with van der Waals surface area (Å²) in [6.45, 7) is 1.35. The van der Waals surface area contributed by atoms with Crippen molar-refractivity contribution >= 4 is 45.1 Å². The van der Waals surface area contributed by atoms with Crippen LogP contribution in [0.25, 0.3) is 0 Å². The second kappa shape index (κ2) is 12.6. The van der Waals surface area contributed by atoms with Crippen LogP contribution in [0.3, 0.4) is 0 Å². The molecule has 0 fully saturated rings. The van der Waals surface area contributed by atoms with Crippen molar-refractivity contribution < 1.29 is 27.5 Å². The Balaban J connectivity index is 1.71. The Labute approximate surface area is 221 Å². The van der Waals surface area contributed by atoms with Gasteiger partial charge in [0.25, 0.3) is 0 Å². The molecule has 0 radical (unpaired) electrons. The zero-order valence-corrected chi connectivity index (χ0v) is 21.9. The molecule has 0 aromatic heterocycles. The number of nitrogens with zero attached hydrogens (tertiary/aromatic N) is 1. The number of hydrogen-bond acceptors (Lipinski definition) is 6. The standard InChI is InChI=1S/C26H29N5O6S/c1-18(32)27-20-9-11-21(12-10-20)29-38(35,36)30-26(34)28-24(17-19-7-5-4-6-8-19)25(33)31(2)22-13-15-23(37-3)16-14-22/h4-16,24,29H,17H2,1-3H3,(H,27,32)(H2,28,30,34)/t24-/m0/s1. The third kappa shape index (κ3) is 8.23. The third-order valence-electron chi connectivity index (χ3n) is 5.36. The number of anilines is 3. The average Bonchev–Trinajstić information content (AvgIpc) is 2.88. The molecule has 0 bridgehead atoms. The molecule has 0 aliphatic carbocycles. The minimum Gasteiger partial charge on any atom is -0.497 e. The SMILES string of the molecule is COc1ccc(N(C)C(=O)[C@H](Cc2ccccc2)NC(=O)NS(=O)(=O)Nc2ccc(NC(C)=O)cc2)cc1. The Morgan fingerprint density at radius 3 is 2.08 bits per heavy atom. The first kappa shape index (κ1) is 28.0. The number of benzene rings is 3. The van der Waals surface area contributed by atoms with E-state index >= 15 is 0 Å². The van der Waals surface area contributed by atoms with Crippen LogP contribution in [0.15, 0.2) is 78.9 Å². The topological polar surface area (TPSA) is 146 Å². The Morgan fingerprint density at radius 2 is 1.50 bits per heavy atom.